The Kier molecular flexibility index (Phi) is 7.93. The third-order valence-electron chi connectivity index (χ3n) is 5.86. The van der Waals surface area contributed by atoms with E-state index in [0.717, 1.165) is 24.8 Å². The largest absolute Gasteiger partial charge is 0.493 e. The minimum atomic E-state index is -0.405. The molecule has 0 saturated carbocycles. The standard InChI is InChI=1S/C25H32N2O4/c1-30-21-11-10-20(17-22(21)31-2)18-25(15-13-24(29)27-25)14-12-23(28)26-16-6-9-19-7-4-3-5-8-19/h3-5,7-8,10-11,17H,6,9,12-16,18H2,1-2H3,(H,26,28)(H,27,29). The summed E-state index contributed by atoms with van der Waals surface area (Å²) in [6.07, 6.45) is 4.72. The minimum Gasteiger partial charge on any atom is -0.493 e. The number of amides is 2. The summed E-state index contributed by atoms with van der Waals surface area (Å²) >= 11 is 0. The zero-order valence-corrected chi connectivity index (χ0v) is 18.4. The summed E-state index contributed by atoms with van der Waals surface area (Å²) in [7, 11) is 3.21. The van der Waals surface area contributed by atoms with Crippen LogP contribution in [0, 0.1) is 0 Å². The first-order chi connectivity index (χ1) is 15.0. The highest BCUT2D eigenvalue weighted by atomic mass is 16.5. The van der Waals surface area contributed by atoms with Gasteiger partial charge in [-0.05, 0) is 55.4 Å². The van der Waals surface area contributed by atoms with Gasteiger partial charge in [0.2, 0.25) is 11.8 Å². The molecule has 0 aromatic heterocycles. The molecule has 0 radical (unpaired) electrons. The van der Waals surface area contributed by atoms with Crippen LogP contribution in [0.2, 0.25) is 0 Å². The maximum atomic E-state index is 12.4. The molecule has 1 fully saturated rings. The van der Waals surface area contributed by atoms with Crippen LogP contribution >= 0.6 is 0 Å². The molecule has 2 aromatic rings. The van der Waals surface area contributed by atoms with Gasteiger partial charge in [-0.3, -0.25) is 9.59 Å². The Labute approximate surface area is 184 Å². The first kappa shape index (κ1) is 22.7. The molecule has 3 rings (SSSR count). The Morgan fingerprint density at radius 1 is 1.06 bits per heavy atom. The van der Waals surface area contributed by atoms with Gasteiger partial charge in [-0.25, -0.2) is 0 Å². The lowest BCUT2D eigenvalue weighted by Gasteiger charge is -2.29. The van der Waals surface area contributed by atoms with Crippen molar-refractivity contribution in [3.05, 3.63) is 59.7 Å². The minimum absolute atomic E-state index is 0.0286. The summed E-state index contributed by atoms with van der Waals surface area (Å²) in [6.45, 7) is 0.656. The first-order valence-corrected chi connectivity index (χ1v) is 10.9. The van der Waals surface area contributed by atoms with Crippen LogP contribution in [0.25, 0.3) is 0 Å². The molecule has 2 aromatic carbocycles. The van der Waals surface area contributed by atoms with Crippen LogP contribution in [-0.2, 0) is 22.4 Å². The molecule has 166 valence electrons. The van der Waals surface area contributed by atoms with Crippen LogP contribution in [0.15, 0.2) is 48.5 Å². The molecule has 2 N–H and O–H groups in total. The average molecular weight is 425 g/mol. The zero-order valence-electron chi connectivity index (χ0n) is 18.4. The van der Waals surface area contributed by atoms with E-state index in [1.165, 1.54) is 5.56 Å². The van der Waals surface area contributed by atoms with Crippen molar-refractivity contribution in [1.29, 1.82) is 0 Å². The maximum Gasteiger partial charge on any atom is 0.220 e. The smallest absolute Gasteiger partial charge is 0.220 e. The highest BCUT2D eigenvalue weighted by Crippen LogP contribution is 2.33. The Morgan fingerprint density at radius 3 is 2.52 bits per heavy atom. The normalized spacial score (nSPS) is 17.8. The van der Waals surface area contributed by atoms with E-state index in [-0.39, 0.29) is 11.8 Å². The van der Waals surface area contributed by atoms with Gasteiger partial charge in [-0.1, -0.05) is 36.4 Å². The fourth-order valence-corrected chi connectivity index (χ4v) is 4.17. The van der Waals surface area contributed by atoms with E-state index in [0.29, 0.717) is 43.7 Å². The molecule has 1 atom stereocenters. The fourth-order valence-electron chi connectivity index (χ4n) is 4.17. The highest BCUT2D eigenvalue weighted by Gasteiger charge is 2.38. The topological polar surface area (TPSA) is 76.7 Å². The van der Waals surface area contributed by atoms with Crippen LogP contribution < -0.4 is 20.1 Å². The fraction of sp³-hybridized carbons (Fsp3) is 0.440. The van der Waals surface area contributed by atoms with Gasteiger partial charge in [-0.2, -0.15) is 0 Å². The van der Waals surface area contributed by atoms with E-state index in [2.05, 4.69) is 22.8 Å². The molecule has 6 nitrogen and oxygen atoms in total. The summed E-state index contributed by atoms with van der Waals surface area (Å²) in [5, 5.41) is 6.15. The predicted molar refractivity (Wildman–Crippen MR) is 120 cm³/mol. The molecule has 1 aliphatic rings. The molecular formula is C25H32N2O4. The number of benzene rings is 2. The van der Waals surface area contributed by atoms with Crippen molar-refractivity contribution >= 4 is 11.8 Å². The molecule has 0 bridgehead atoms. The second kappa shape index (κ2) is 10.8. The third-order valence-corrected chi connectivity index (χ3v) is 5.86. The third kappa shape index (κ3) is 6.48. The van der Waals surface area contributed by atoms with Crippen LogP contribution in [0.5, 0.6) is 11.5 Å². The van der Waals surface area contributed by atoms with Crippen LogP contribution in [0.1, 0.15) is 43.2 Å². The van der Waals surface area contributed by atoms with E-state index in [1.54, 1.807) is 14.2 Å². The van der Waals surface area contributed by atoms with Gasteiger partial charge in [0.15, 0.2) is 11.5 Å². The van der Waals surface area contributed by atoms with E-state index in [4.69, 9.17) is 9.47 Å². The molecule has 1 saturated heterocycles. The number of carbonyl (C=O) groups excluding carboxylic acids is 2. The molecular weight excluding hydrogens is 392 g/mol. The number of methoxy groups -OCH3 is 2. The zero-order chi connectivity index (χ0) is 22.1. The predicted octanol–water partition coefficient (Wildman–Crippen LogP) is 3.42. The highest BCUT2D eigenvalue weighted by molar-refractivity contribution is 5.80. The van der Waals surface area contributed by atoms with Crippen molar-refractivity contribution < 1.29 is 19.1 Å². The van der Waals surface area contributed by atoms with Gasteiger partial charge >= 0.3 is 0 Å². The van der Waals surface area contributed by atoms with E-state index in [9.17, 15) is 9.59 Å². The second-order valence-electron chi connectivity index (χ2n) is 8.13. The lowest BCUT2D eigenvalue weighted by molar-refractivity contribution is -0.122. The van der Waals surface area contributed by atoms with Gasteiger partial charge in [0.05, 0.1) is 14.2 Å². The van der Waals surface area contributed by atoms with E-state index >= 15 is 0 Å². The summed E-state index contributed by atoms with van der Waals surface area (Å²) in [5.74, 6) is 1.41. The number of hydrogen-bond donors (Lipinski definition) is 2. The van der Waals surface area contributed by atoms with E-state index < -0.39 is 5.54 Å². The lowest BCUT2D eigenvalue weighted by atomic mass is 9.85. The Hall–Kier alpha value is -3.02. The second-order valence-corrected chi connectivity index (χ2v) is 8.13. The molecule has 0 aliphatic carbocycles. The Morgan fingerprint density at radius 2 is 1.84 bits per heavy atom. The van der Waals surface area contributed by atoms with Gasteiger partial charge in [0.25, 0.3) is 0 Å². The maximum absolute atomic E-state index is 12.4. The van der Waals surface area contributed by atoms with Crippen molar-refractivity contribution in [3.63, 3.8) is 0 Å². The monoisotopic (exact) mass is 424 g/mol. The quantitative estimate of drug-likeness (QED) is 0.542. The first-order valence-electron chi connectivity index (χ1n) is 10.9. The van der Waals surface area contributed by atoms with Crippen molar-refractivity contribution in [2.24, 2.45) is 0 Å². The average Bonchev–Trinajstić information content (AvgIpc) is 3.16. The number of nitrogens with one attached hydrogen (secondary N) is 2. The summed E-state index contributed by atoms with van der Waals surface area (Å²) in [6, 6.07) is 16.1. The molecule has 6 heteroatoms. The van der Waals surface area contributed by atoms with Crippen molar-refractivity contribution in [3.8, 4) is 11.5 Å². The number of aryl methyl sites for hydroxylation is 1. The molecule has 1 aliphatic heterocycles. The Bertz CT molecular complexity index is 884. The van der Waals surface area contributed by atoms with Gasteiger partial charge in [0, 0.05) is 24.9 Å². The van der Waals surface area contributed by atoms with Crippen LogP contribution in [0.4, 0.5) is 0 Å². The number of rotatable bonds is 11. The number of hydrogen-bond acceptors (Lipinski definition) is 4. The van der Waals surface area contributed by atoms with Crippen molar-refractivity contribution in [2.75, 3.05) is 20.8 Å². The Balaban J connectivity index is 1.52. The molecule has 1 heterocycles. The number of ether oxygens (including phenoxy) is 2. The van der Waals surface area contributed by atoms with Crippen molar-refractivity contribution in [1.82, 2.24) is 10.6 Å². The van der Waals surface area contributed by atoms with Gasteiger partial charge < -0.3 is 20.1 Å². The van der Waals surface area contributed by atoms with E-state index in [1.807, 2.05) is 36.4 Å². The molecule has 0 spiro atoms. The van der Waals surface area contributed by atoms with Crippen LogP contribution in [0.3, 0.4) is 0 Å². The summed E-state index contributed by atoms with van der Waals surface area (Å²) in [5.41, 5.74) is 1.92. The summed E-state index contributed by atoms with van der Waals surface area (Å²) in [4.78, 5) is 24.4. The lowest BCUT2D eigenvalue weighted by Crippen LogP contribution is -2.44. The number of carbonyl (C=O) groups is 2. The molecule has 1 unspecified atom stereocenters. The van der Waals surface area contributed by atoms with Gasteiger partial charge in [0.1, 0.15) is 0 Å². The van der Waals surface area contributed by atoms with Crippen molar-refractivity contribution in [2.45, 2.75) is 50.5 Å². The molecule has 31 heavy (non-hydrogen) atoms. The van der Waals surface area contributed by atoms with Crippen LogP contribution in [-0.4, -0.2) is 38.1 Å². The molecule has 2 amide bonds. The van der Waals surface area contributed by atoms with Gasteiger partial charge in [-0.15, -0.1) is 0 Å². The summed E-state index contributed by atoms with van der Waals surface area (Å²) < 4.78 is 10.7. The SMILES string of the molecule is COc1ccc(CC2(CCC(=O)NCCCc3ccccc3)CCC(=O)N2)cc1OC.